The molecule has 7 N–H and O–H groups in total. The normalized spacial score (nSPS) is 18.8. The molecule has 5 rings (SSSR count). The number of rotatable bonds is 16. The molecule has 1 saturated heterocycles. The molecule has 2 aliphatic rings. The first-order valence-corrected chi connectivity index (χ1v) is 18.6. The van der Waals surface area contributed by atoms with E-state index in [1.807, 2.05) is 30.3 Å². The highest BCUT2D eigenvalue weighted by molar-refractivity contribution is 6.37. The lowest BCUT2D eigenvalue weighted by atomic mass is 9.84. The van der Waals surface area contributed by atoms with Crippen LogP contribution in [-0.2, 0) is 24.8 Å². The number of Topliss-reactive ketones (excluding diaryl/α,β-unsaturated/α-hetero) is 1. The van der Waals surface area contributed by atoms with Crippen LogP contribution in [0.3, 0.4) is 0 Å². The molecule has 4 atom stereocenters. The van der Waals surface area contributed by atoms with E-state index in [4.69, 9.17) is 10.8 Å². The standard InChI is InChI=1S/C38H50N8O8/c1-38(2,54)31-22-46(44-43-31)27-20-30(35(50)41-28(32(47)33(39)48)14-8-9-17-40-37(52)53)45(21-27)36(51)29(18-23-10-4-3-5-11-23)42-34(49)26-16-15-24-12-6-7-13-25(24)19-26/h6-7,12-13,15-16,19,22-23,27-30,40,54H,3-5,8-11,14,17-18,20-21H2,1-2H3,(H2,39,48)(H,41,50)(H,42,49)(H,52,53)/t27-,28?,29?,30+/m1/s1. The number of hydrogen-bond acceptors (Lipinski definition) is 9. The van der Waals surface area contributed by atoms with E-state index < -0.39 is 65.3 Å². The van der Waals surface area contributed by atoms with E-state index in [9.17, 15) is 33.9 Å². The van der Waals surface area contributed by atoms with Crippen LogP contribution in [0.15, 0.2) is 48.7 Å². The highest BCUT2D eigenvalue weighted by Gasteiger charge is 2.45. The molecule has 2 heterocycles. The van der Waals surface area contributed by atoms with Crippen molar-refractivity contribution in [2.75, 3.05) is 13.1 Å². The summed E-state index contributed by atoms with van der Waals surface area (Å²) < 4.78 is 1.49. The molecule has 2 unspecified atom stereocenters. The molecule has 1 aromatic heterocycles. The number of carboxylic acid groups (broad SMARTS) is 1. The number of carbonyl (C=O) groups excluding carboxylic acids is 5. The second-order valence-corrected chi connectivity index (χ2v) is 14.9. The van der Waals surface area contributed by atoms with Crippen molar-refractivity contribution in [2.24, 2.45) is 11.7 Å². The number of aliphatic hydroxyl groups is 1. The summed E-state index contributed by atoms with van der Waals surface area (Å²) in [6.45, 7) is 3.23. The molecule has 0 radical (unpaired) electrons. The second kappa shape index (κ2) is 17.6. The Labute approximate surface area is 313 Å². The van der Waals surface area contributed by atoms with Crippen molar-refractivity contribution in [2.45, 2.75) is 108 Å². The topological polar surface area (TPSA) is 239 Å². The highest BCUT2D eigenvalue weighted by atomic mass is 16.4. The van der Waals surface area contributed by atoms with Crippen LogP contribution in [0.2, 0.25) is 0 Å². The van der Waals surface area contributed by atoms with Gasteiger partial charge in [0.1, 0.15) is 23.4 Å². The Morgan fingerprint density at radius 3 is 2.35 bits per heavy atom. The molecule has 1 aliphatic heterocycles. The van der Waals surface area contributed by atoms with Crippen molar-refractivity contribution in [3.63, 3.8) is 0 Å². The summed E-state index contributed by atoms with van der Waals surface area (Å²) in [5, 5.41) is 37.4. The summed E-state index contributed by atoms with van der Waals surface area (Å²) in [4.78, 5) is 79.7. The number of likely N-dealkylation sites (tertiary alicyclic amines) is 1. The fourth-order valence-electron chi connectivity index (χ4n) is 7.36. The van der Waals surface area contributed by atoms with Crippen LogP contribution in [0.4, 0.5) is 4.79 Å². The van der Waals surface area contributed by atoms with E-state index in [-0.39, 0.29) is 44.0 Å². The quantitative estimate of drug-likeness (QED) is 0.0925. The number of benzene rings is 2. The first kappa shape index (κ1) is 39.8. The predicted molar refractivity (Wildman–Crippen MR) is 197 cm³/mol. The molecular weight excluding hydrogens is 696 g/mol. The average Bonchev–Trinajstić information content (AvgIpc) is 3.82. The summed E-state index contributed by atoms with van der Waals surface area (Å²) in [6.07, 6.45) is 6.32. The summed E-state index contributed by atoms with van der Waals surface area (Å²) >= 11 is 0. The SMILES string of the molecule is CC(C)(O)c1cn([C@@H]2C[C@@H](C(=O)NC(CCCCNC(=O)O)C(=O)C(N)=O)N(C(=O)C(CC3CCCCC3)NC(=O)c3ccc4ccccc4c3)C2)nn1. The van der Waals surface area contributed by atoms with Crippen LogP contribution in [0.25, 0.3) is 10.8 Å². The molecule has 5 amide bonds. The Morgan fingerprint density at radius 2 is 1.69 bits per heavy atom. The highest BCUT2D eigenvalue weighted by Crippen LogP contribution is 2.32. The summed E-state index contributed by atoms with van der Waals surface area (Å²) in [7, 11) is 0. The van der Waals surface area contributed by atoms with Crippen molar-refractivity contribution in [3.05, 3.63) is 59.9 Å². The van der Waals surface area contributed by atoms with E-state index in [1.54, 1.807) is 32.2 Å². The molecule has 2 fully saturated rings. The van der Waals surface area contributed by atoms with Crippen LogP contribution in [0, 0.1) is 5.92 Å². The van der Waals surface area contributed by atoms with Crippen molar-refractivity contribution in [3.8, 4) is 0 Å². The van der Waals surface area contributed by atoms with Gasteiger partial charge in [0, 0.05) is 25.1 Å². The number of primary amides is 1. The molecule has 0 bridgehead atoms. The summed E-state index contributed by atoms with van der Waals surface area (Å²) in [5.74, 6) is -3.69. The number of carbonyl (C=O) groups is 6. The first-order valence-electron chi connectivity index (χ1n) is 18.6. The smallest absolute Gasteiger partial charge is 0.404 e. The minimum atomic E-state index is -1.31. The van der Waals surface area contributed by atoms with Gasteiger partial charge < -0.3 is 36.8 Å². The zero-order valence-corrected chi connectivity index (χ0v) is 30.7. The van der Waals surface area contributed by atoms with Gasteiger partial charge in [-0.2, -0.15) is 0 Å². The number of fused-ring (bicyclic) bond motifs is 1. The van der Waals surface area contributed by atoms with Crippen molar-refractivity contribution in [1.82, 2.24) is 35.8 Å². The molecule has 16 heteroatoms. The van der Waals surface area contributed by atoms with Crippen LogP contribution in [0.1, 0.15) is 100 Å². The van der Waals surface area contributed by atoms with Crippen LogP contribution in [0.5, 0.6) is 0 Å². The monoisotopic (exact) mass is 746 g/mol. The number of nitrogens with two attached hydrogens (primary N) is 1. The zero-order valence-electron chi connectivity index (χ0n) is 30.7. The molecule has 0 spiro atoms. The van der Waals surface area contributed by atoms with Gasteiger partial charge in [-0.25, -0.2) is 9.48 Å². The van der Waals surface area contributed by atoms with E-state index in [2.05, 4.69) is 26.3 Å². The van der Waals surface area contributed by atoms with Gasteiger partial charge in [0.05, 0.1) is 18.3 Å². The minimum absolute atomic E-state index is 0.00302. The number of unbranched alkanes of at least 4 members (excludes halogenated alkanes) is 1. The van der Waals surface area contributed by atoms with Crippen molar-refractivity contribution >= 4 is 46.3 Å². The number of nitrogens with one attached hydrogen (secondary N) is 3. The van der Waals surface area contributed by atoms with E-state index in [1.165, 1.54) is 9.58 Å². The van der Waals surface area contributed by atoms with Crippen molar-refractivity contribution < 1.29 is 39.0 Å². The summed E-state index contributed by atoms with van der Waals surface area (Å²) in [5.41, 5.74) is 4.70. The number of nitrogens with zero attached hydrogens (tertiary/aromatic N) is 4. The van der Waals surface area contributed by atoms with Crippen LogP contribution in [-0.4, -0.2) is 96.8 Å². The zero-order chi connectivity index (χ0) is 39.0. The predicted octanol–water partition coefficient (Wildman–Crippen LogP) is 2.55. The van der Waals surface area contributed by atoms with Gasteiger partial charge in [-0.15, -0.1) is 5.10 Å². The largest absolute Gasteiger partial charge is 0.465 e. The van der Waals surface area contributed by atoms with E-state index in [0.717, 1.165) is 42.9 Å². The van der Waals surface area contributed by atoms with Gasteiger partial charge in [-0.3, -0.25) is 24.0 Å². The molecule has 1 saturated carbocycles. The Kier molecular flexibility index (Phi) is 13.0. The maximum Gasteiger partial charge on any atom is 0.404 e. The average molecular weight is 747 g/mol. The summed E-state index contributed by atoms with van der Waals surface area (Å²) in [6, 6.07) is 8.98. The lowest BCUT2D eigenvalue weighted by molar-refractivity contribution is -0.142. The van der Waals surface area contributed by atoms with Gasteiger partial charge in [0.2, 0.25) is 17.6 Å². The number of hydrogen-bond donors (Lipinski definition) is 6. The fraction of sp³-hybridized carbons (Fsp3) is 0.526. The molecular formula is C38H50N8O8. The van der Waals surface area contributed by atoms with E-state index >= 15 is 0 Å². The van der Waals surface area contributed by atoms with Gasteiger partial charge in [0.25, 0.3) is 11.8 Å². The maximum atomic E-state index is 14.7. The van der Waals surface area contributed by atoms with Gasteiger partial charge in [-0.1, -0.05) is 67.6 Å². The molecule has 290 valence electrons. The molecule has 3 aromatic rings. The first-order chi connectivity index (χ1) is 25.7. The number of ketones is 1. The third-order valence-corrected chi connectivity index (χ3v) is 10.4. The number of aromatic nitrogens is 3. The molecule has 1 aliphatic carbocycles. The maximum absolute atomic E-state index is 14.7. The lowest BCUT2D eigenvalue weighted by Crippen LogP contribution is -2.56. The Morgan fingerprint density at radius 1 is 0.963 bits per heavy atom. The lowest BCUT2D eigenvalue weighted by Gasteiger charge is -2.32. The molecule has 54 heavy (non-hydrogen) atoms. The van der Waals surface area contributed by atoms with Crippen molar-refractivity contribution in [1.29, 1.82) is 0 Å². The second-order valence-electron chi connectivity index (χ2n) is 14.9. The Hall–Kier alpha value is -5.38. The minimum Gasteiger partial charge on any atom is -0.465 e. The van der Waals surface area contributed by atoms with Crippen LogP contribution >= 0.6 is 0 Å². The fourth-order valence-corrected chi connectivity index (χ4v) is 7.36. The van der Waals surface area contributed by atoms with Crippen LogP contribution < -0.4 is 21.7 Å². The molecule has 2 aromatic carbocycles. The van der Waals surface area contributed by atoms with Gasteiger partial charge in [0.15, 0.2) is 0 Å². The molecule has 16 nitrogen and oxygen atoms in total. The Balaban J connectivity index is 1.42. The Bertz CT molecular complexity index is 1850. The number of amides is 5. The van der Waals surface area contributed by atoms with Gasteiger partial charge >= 0.3 is 6.09 Å². The van der Waals surface area contributed by atoms with E-state index in [0.29, 0.717) is 18.4 Å². The third kappa shape index (κ3) is 10.2. The van der Waals surface area contributed by atoms with Gasteiger partial charge in [-0.05, 0) is 68.4 Å². The third-order valence-electron chi connectivity index (χ3n) is 10.4.